The first-order valence-electron chi connectivity index (χ1n) is 5.88. The number of hydrogen-bond donors (Lipinski definition) is 1. The molecule has 0 amide bonds. The molecule has 0 saturated carbocycles. The quantitative estimate of drug-likeness (QED) is 0.909. The molecule has 0 aliphatic carbocycles. The second-order valence-corrected chi connectivity index (χ2v) is 4.50. The van der Waals surface area contributed by atoms with Gasteiger partial charge in [-0.05, 0) is 18.2 Å². The summed E-state index contributed by atoms with van der Waals surface area (Å²) in [6.07, 6.45) is -2.77. The van der Waals surface area contributed by atoms with Crippen LogP contribution in [-0.4, -0.2) is 18.1 Å². The van der Waals surface area contributed by atoms with E-state index in [1.165, 1.54) is 6.07 Å². The van der Waals surface area contributed by atoms with Crippen LogP contribution in [0.1, 0.15) is 17.2 Å². The average Bonchev–Trinajstić information content (AvgIpc) is 2.75. The lowest BCUT2D eigenvalue weighted by atomic mass is 10.0. The second kappa shape index (κ2) is 4.38. The number of aromatic nitrogens is 1. The van der Waals surface area contributed by atoms with Gasteiger partial charge < -0.3 is 9.73 Å². The van der Waals surface area contributed by atoms with E-state index in [9.17, 15) is 13.2 Å². The summed E-state index contributed by atoms with van der Waals surface area (Å²) in [7, 11) is 0. The van der Waals surface area contributed by atoms with E-state index in [4.69, 9.17) is 4.42 Å². The van der Waals surface area contributed by atoms with Crippen molar-refractivity contribution in [3.63, 3.8) is 0 Å². The number of oxazole rings is 1. The molecule has 2 heterocycles. The van der Waals surface area contributed by atoms with Crippen LogP contribution in [0.5, 0.6) is 0 Å². The first-order chi connectivity index (χ1) is 9.04. The summed E-state index contributed by atoms with van der Waals surface area (Å²) >= 11 is 0. The molecule has 6 heteroatoms. The Morgan fingerprint density at radius 1 is 1.26 bits per heavy atom. The van der Waals surface area contributed by atoms with E-state index in [0.717, 1.165) is 25.2 Å². The van der Waals surface area contributed by atoms with E-state index < -0.39 is 11.7 Å². The van der Waals surface area contributed by atoms with Crippen LogP contribution in [-0.2, 0) is 6.18 Å². The van der Waals surface area contributed by atoms with E-state index >= 15 is 0 Å². The number of halogens is 3. The fourth-order valence-electron chi connectivity index (χ4n) is 1.93. The molecule has 1 aliphatic rings. The highest BCUT2D eigenvalue weighted by Gasteiger charge is 2.31. The number of nitrogens with zero attached hydrogens (tertiary/aromatic N) is 1. The van der Waals surface area contributed by atoms with Crippen LogP contribution in [0.4, 0.5) is 13.2 Å². The fraction of sp³-hybridized carbons (Fsp3) is 0.308. The first-order valence-corrected chi connectivity index (χ1v) is 5.88. The van der Waals surface area contributed by atoms with Crippen molar-refractivity contribution in [3.05, 3.63) is 41.8 Å². The number of nitrogens with one attached hydrogen (secondary N) is 1. The molecule has 1 fully saturated rings. The van der Waals surface area contributed by atoms with Crippen molar-refractivity contribution >= 4 is 0 Å². The Labute approximate surface area is 107 Å². The van der Waals surface area contributed by atoms with Crippen LogP contribution >= 0.6 is 0 Å². The third-order valence-corrected chi connectivity index (χ3v) is 3.14. The fourth-order valence-corrected chi connectivity index (χ4v) is 1.93. The normalized spacial score (nSPS) is 16.4. The van der Waals surface area contributed by atoms with E-state index in [1.54, 1.807) is 12.3 Å². The molecule has 1 aromatic heterocycles. The zero-order valence-corrected chi connectivity index (χ0v) is 9.87. The Morgan fingerprint density at radius 2 is 2.05 bits per heavy atom. The maximum absolute atomic E-state index is 12.6. The molecule has 2 aromatic rings. The molecule has 3 nitrogen and oxygen atoms in total. The second-order valence-electron chi connectivity index (χ2n) is 4.50. The maximum atomic E-state index is 12.6. The molecule has 1 saturated heterocycles. The highest BCUT2D eigenvalue weighted by molar-refractivity contribution is 5.54. The van der Waals surface area contributed by atoms with Crippen molar-refractivity contribution in [2.45, 2.75) is 12.1 Å². The van der Waals surface area contributed by atoms with Crippen molar-refractivity contribution in [2.75, 3.05) is 13.1 Å². The minimum absolute atomic E-state index is 0.230. The standard InChI is InChI=1S/C13H11F3N2O/c14-13(15,16)10-3-1-2-8(4-10)12-18-7-11(19-12)9-5-17-6-9/h1-4,7,9,17H,5-6H2. The maximum Gasteiger partial charge on any atom is 0.416 e. The van der Waals surface area contributed by atoms with Gasteiger partial charge in [0.15, 0.2) is 0 Å². The monoisotopic (exact) mass is 268 g/mol. The lowest BCUT2D eigenvalue weighted by Gasteiger charge is -2.24. The third kappa shape index (κ3) is 2.35. The first kappa shape index (κ1) is 12.2. The molecular formula is C13H11F3N2O. The van der Waals surface area contributed by atoms with Gasteiger partial charge in [0.2, 0.25) is 5.89 Å². The zero-order valence-electron chi connectivity index (χ0n) is 9.87. The van der Waals surface area contributed by atoms with Gasteiger partial charge in [0.1, 0.15) is 5.76 Å². The van der Waals surface area contributed by atoms with Crippen LogP contribution in [0.2, 0.25) is 0 Å². The Kier molecular flexibility index (Phi) is 2.82. The van der Waals surface area contributed by atoms with Gasteiger partial charge in [0.05, 0.1) is 11.8 Å². The minimum Gasteiger partial charge on any atom is -0.441 e. The number of benzene rings is 1. The zero-order chi connectivity index (χ0) is 13.5. The van der Waals surface area contributed by atoms with Gasteiger partial charge in [0.25, 0.3) is 0 Å². The van der Waals surface area contributed by atoms with Crippen LogP contribution in [0.25, 0.3) is 11.5 Å². The summed E-state index contributed by atoms with van der Waals surface area (Å²) in [5.41, 5.74) is -0.358. The summed E-state index contributed by atoms with van der Waals surface area (Å²) in [4.78, 5) is 4.05. The average molecular weight is 268 g/mol. The summed E-state index contributed by atoms with van der Waals surface area (Å²) in [5, 5.41) is 3.10. The van der Waals surface area contributed by atoms with Crippen molar-refractivity contribution in [2.24, 2.45) is 0 Å². The van der Waals surface area contributed by atoms with E-state index in [-0.39, 0.29) is 11.8 Å². The largest absolute Gasteiger partial charge is 0.441 e. The number of rotatable bonds is 2. The molecular weight excluding hydrogens is 257 g/mol. The van der Waals surface area contributed by atoms with Crippen LogP contribution in [0.15, 0.2) is 34.9 Å². The van der Waals surface area contributed by atoms with Gasteiger partial charge >= 0.3 is 6.18 Å². The molecule has 100 valence electrons. The highest BCUT2D eigenvalue weighted by Crippen LogP contribution is 2.32. The lowest BCUT2D eigenvalue weighted by molar-refractivity contribution is -0.137. The SMILES string of the molecule is FC(F)(F)c1cccc(-c2ncc(C3CNC3)o2)c1. The van der Waals surface area contributed by atoms with E-state index in [2.05, 4.69) is 10.3 Å². The molecule has 0 unspecified atom stereocenters. The van der Waals surface area contributed by atoms with Crippen molar-refractivity contribution < 1.29 is 17.6 Å². The molecule has 0 spiro atoms. The van der Waals surface area contributed by atoms with Gasteiger partial charge in [-0.2, -0.15) is 13.2 Å². The lowest BCUT2D eigenvalue weighted by Crippen LogP contribution is -2.39. The summed E-state index contributed by atoms with van der Waals surface area (Å²) in [6.45, 7) is 1.63. The van der Waals surface area contributed by atoms with Crippen LogP contribution in [0.3, 0.4) is 0 Å². The van der Waals surface area contributed by atoms with Crippen molar-refractivity contribution in [1.82, 2.24) is 10.3 Å². The smallest absolute Gasteiger partial charge is 0.416 e. The van der Waals surface area contributed by atoms with Crippen LogP contribution < -0.4 is 5.32 Å². The van der Waals surface area contributed by atoms with Gasteiger partial charge in [0, 0.05) is 24.6 Å². The van der Waals surface area contributed by atoms with Crippen molar-refractivity contribution in [3.8, 4) is 11.5 Å². The summed E-state index contributed by atoms with van der Waals surface area (Å²) < 4.78 is 43.4. The molecule has 0 atom stereocenters. The van der Waals surface area contributed by atoms with E-state index in [1.807, 2.05) is 0 Å². The number of hydrogen-bond acceptors (Lipinski definition) is 3. The molecule has 19 heavy (non-hydrogen) atoms. The summed E-state index contributed by atoms with van der Waals surface area (Å²) in [5.74, 6) is 1.21. The molecule has 0 radical (unpaired) electrons. The molecule has 1 N–H and O–H groups in total. The minimum atomic E-state index is -4.36. The predicted octanol–water partition coefficient (Wildman–Crippen LogP) is 3.05. The van der Waals surface area contributed by atoms with E-state index in [0.29, 0.717) is 11.3 Å². The predicted molar refractivity (Wildman–Crippen MR) is 62.6 cm³/mol. The topological polar surface area (TPSA) is 38.1 Å². The van der Waals surface area contributed by atoms with Gasteiger partial charge in [-0.15, -0.1) is 0 Å². The van der Waals surface area contributed by atoms with Gasteiger partial charge in [-0.3, -0.25) is 0 Å². The molecule has 1 aromatic carbocycles. The highest BCUT2D eigenvalue weighted by atomic mass is 19.4. The molecule has 1 aliphatic heterocycles. The Balaban J connectivity index is 1.91. The van der Waals surface area contributed by atoms with Crippen molar-refractivity contribution in [1.29, 1.82) is 0 Å². The van der Waals surface area contributed by atoms with Gasteiger partial charge in [-0.1, -0.05) is 6.07 Å². The van der Waals surface area contributed by atoms with Gasteiger partial charge in [-0.25, -0.2) is 4.98 Å². The molecule has 3 rings (SSSR count). The summed E-state index contributed by atoms with van der Waals surface area (Å²) in [6, 6.07) is 4.99. The Bertz CT molecular complexity index is 588. The third-order valence-electron chi connectivity index (χ3n) is 3.14. The Hall–Kier alpha value is -1.82. The molecule has 0 bridgehead atoms. The number of alkyl halides is 3. The van der Waals surface area contributed by atoms with Crippen LogP contribution in [0, 0.1) is 0 Å². The Morgan fingerprint density at radius 3 is 2.68 bits per heavy atom.